The Labute approximate surface area is 217 Å². The molecule has 188 valence electrons. The van der Waals surface area contributed by atoms with Crippen LogP contribution >= 0.6 is 0 Å². The van der Waals surface area contributed by atoms with Crippen LogP contribution in [0, 0.1) is 11.3 Å². The number of carboxylic acid groups (broad SMARTS) is 1. The zero-order chi connectivity index (χ0) is 25.8. The molecule has 3 aliphatic carbocycles. The fourth-order valence-corrected chi connectivity index (χ4v) is 7.70. The van der Waals surface area contributed by atoms with E-state index in [1.54, 1.807) is 7.11 Å². The summed E-state index contributed by atoms with van der Waals surface area (Å²) in [7, 11) is 1.60. The molecule has 2 fully saturated rings. The number of aliphatic carboxylic acids is 1. The fourth-order valence-electron chi connectivity index (χ4n) is 7.70. The molecule has 5 nitrogen and oxygen atoms in total. The number of methoxy groups -OCH3 is 1. The number of benzene rings is 3. The highest BCUT2D eigenvalue weighted by atomic mass is 16.5. The van der Waals surface area contributed by atoms with E-state index in [2.05, 4.69) is 36.9 Å². The Balaban J connectivity index is 1.49. The van der Waals surface area contributed by atoms with E-state index in [0.29, 0.717) is 12.3 Å². The fraction of sp³-hybridized carbons (Fsp3) is 0.312. The monoisotopic (exact) mass is 493 g/mol. The van der Waals surface area contributed by atoms with Crippen LogP contribution in [-0.4, -0.2) is 42.1 Å². The van der Waals surface area contributed by atoms with E-state index >= 15 is 0 Å². The van der Waals surface area contributed by atoms with Crippen LogP contribution < -0.4 is 4.74 Å². The van der Waals surface area contributed by atoms with Gasteiger partial charge in [0.15, 0.2) is 0 Å². The van der Waals surface area contributed by atoms with Gasteiger partial charge >= 0.3 is 5.97 Å². The molecule has 0 radical (unpaired) electrons. The summed E-state index contributed by atoms with van der Waals surface area (Å²) in [6.07, 6.45) is 3.65. The van der Waals surface area contributed by atoms with E-state index in [-0.39, 0.29) is 30.7 Å². The molecule has 4 atom stereocenters. The number of fused-ring (bicyclic) bond motifs is 1. The molecular formula is C32H31NO4. The number of ether oxygens (including phenoxy) is 1. The number of rotatable bonds is 6. The van der Waals surface area contributed by atoms with Crippen molar-refractivity contribution in [1.82, 2.24) is 4.90 Å². The molecule has 1 aliphatic heterocycles. The van der Waals surface area contributed by atoms with Crippen molar-refractivity contribution in [3.05, 3.63) is 107 Å². The van der Waals surface area contributed by atoms with Gasteiger partial charge < -0.3 is 14.7 Å². The smallest absolute Gasteiger partial charge is 0.312 e. The van der Waals surface area contributed by atoms with Crippen LogP contribution in [0.3, 0.4) is 0 Å². The zero-order valence-corrected chi connectivity index (χ0v) is 21.0. The molecule has 1 amide bonds. The van der Waals surface area contributed by atoms with Crippen LogP contribution in [0.1, 0.15) is 46.6 Å². The SMILES string of the molecule is C=Cc1ccc2c(c1)C1CCC2(c2ccccc2)C2CN(C(=O)Cc3ccccc3OC)CC12C(=O)O. The van der Waals surface area contributed by atoms with Gasteiger partial charge in [0.05, 0.1) is 18.9 Å². The standard InChI is InChI=1S/C32H31NO4/c1-3-21-13-14-25-24(17-21)26-15-16-31(25,23-10-5-4-6-11-23)28-19-33(20-32(26,28)30(35)36)29(34)18-22-9-7-8-12-27(22)37-2/h3-14,17,26,28H,1,15-16,18-20H2,2H3,(H,35,36). The van der Waals surface area contributed by atoms with Gasteiger partial charge in [0.25, 0.3) is 0 Å². The first kappa shape index (κ1) is 23.5. The molecule has 3 aromatic rings. The van der Waals surface area contributed by atoms with E-state index in [4.69, 9.17) is 4.74 Å². The lowest BCUT2D eigenvalue weighted by Gasteiger charge is -2.59. The summed E-state index contributed by atoms with van der Waals surface area (Å²) in [4.78, 5) is 28.8. The van der Waals surface area contributed by atoms with Gasteiger partial charge in [0.1, 0.15) is 5.75 Å². The molecule has 7 rings (SSSR count). The molecule has 1 N–H and O–H groups in total. The largest absolute Gasteiger partial charge is 0.496 e. The van der Waals surface area contributed by atoms with Gasteiger partial charge in [0, 0.05) is 35.9 Å². The van der Waals surface area contributed by atoms with Crippen LogP contribution in [0.5, 0.6) is 5.75 Å². The lowest BCUT2D eigenvalue weighted by molar-refractivity contribution is -0.157. The van der Waals surface area contributed by atoms with Gasteiger partial charge in [-0.25, -0.2) is 0 Å². The highest BCUT2D eigenvalue weighted by Crippen LogP contribution is 2.69. The third-order valence-corrected chi connectivity index (χ3v) is 9.26. The molecule has 4 aliphatic rings. The Morgan fingerprint density at radius 1 is 1.11 bits per heavy atom. The summed E-state index contributed by atoms with van der Waals surface area (Å²) in [5, 5.41) is 10.9. The molecule has 2 bridgehead atoms. The number of carbonyl (C=O) groups is 2. The maximum Gasteiger partial charge on any atom is 0.312 e. The first-order valence-electron chi connectivity index (χ1n) is 12.9. The molecule has 5 heteroatoms. The Morgan fingerprint density at radius 2 is 1.86 bits per heavy atom. The van der Waals surface area contributed by atoms with Gasteiger partial charge in [-0.05, 0) is 41.2 Å². The highest BCUT2D eigenvalue weighted by Gasteiger charge is 2.70. The Bertz CT molecular complexity index is 1400. The lowest BCUT2D eigenvalue weighted by Crippen LogP contribution is -2.60. The Kier molecular flexibility index (Phi) is 5.48. The number of likely N-dealkylation sites (tertiary alicyclic amines) is 1. The van der Waals surface area contributed by atoms with Crippen molar-refractivity contribution in [3.8, 4) is 5.75 Å². The van der Waals surface area contributed by atoms with Crippen molar-refractivity contribution in [3.63, 3.8) is 0 Å². The molecule has 3 aromatic carbocycles. The van der Waals surface area contributed by atoms with Gasteiger partial charge in [-0.1, -0.05) is 79.4 Å². The van der Waals surface area contributed by atoms with Gasteiger partial charge in [-0.15, -0.1) is 0 Å². The second-order valence-electron chi connectivity index (χ2n) is 10.6. The predicted molar refractivity (Wildman–Crippen MR) is 143 cm³/mol. The summed E-state index contributed by atoms with van der Waals surface area (Å²) in [6, 6.07) is 24.2. The first-order valence-corrected chi connectivity index (χ1v) is 12.9. The van der Waals surface area contributed by atoms with Crippen molar-refractivity contribution in [2.24, 2.45) is 11.3 Å². The van der Waals surface area contributed by atoms with E-state index in [1.165, 1.54) is 5.56 Å². The Hall–Kier alpha value is -3.86. The van der Waals surface area contributed by atoms with Crippen LogP contribution in [0.25, 0.3) is 6.08 Å². The number of hydrogen-bond donors (Lipinski definition) is 1. The number of para-hydroxylation sites is 1. The average Bonchev–Trinajstić information content (AvgIpc) is 3.38. The molecule has 0 aromatic heterocycles. The first-order chi connectivity index (χ1) is 18.0. The second-order valence-corrected chi connectivity index (χ2v) is 10.6. The second kappa shape index (κ2) is 8.62. The lowest BCUT2D eigenvalue weighted by atomic mass is 9.42. The van der Waals surface area contributed by atoms with Crippen LogP contribution in [0.15, 0.2) is 79.4 Å². The molecule has 0 spiro atoms. The average molecular weight is 494 g/mol. The van der Waals surface area contributed by atoms with Crippen LogP contribution in [0.4, 0.5) is 0 Å². The minimum absolute atomic E-state index is 0.0574. The van der Waals surface area contributed by atoms with Crippen molar-refractivity contribution >= 4 is 18.0 Å². The van der Waals surface area contributed by atoms with E-state index in [0.717, 1.165) is 35.1 Å². The number of hydrogen-bond acceptors (Lipinski definition) is 3. The highest BCUT2D eigenvalue weighted by molar-refractivity contribution is 5.85. The number of amides is 1. The maximum atomic E-state index is 13.7. The number of carbonyl (C=O) groups excluding carboxylic acids is 1. The predicted octanol–water partition coefficient (Wildman–Crippen LogP) is 5.29. The van der Waals surface area contributed by atoms with Gasteiger partial charge in [0.2, 0.25) is 5.91 Å². The summed E-state index contributed by atoms with van der Waals surface area (Å²) in [5.41, 5.74) is 3.74. The van der Waals surface area contributed by atoms with Crippen molar-refractivity contribution in [1.29, 1.82) is 0 Å². The molecule has 37 heavy (non-hydrogen) atoms. The van der Waals surface area contributed by atoms with E-state index in [1.807, 2.05) is 53.4 Å². The molecule has 1 saturated heterocycles. The van der Waals surface area contributed by atoms with E-state index < -0.39 is 16.8 Å². The minimum atomic E-state index is -1.04. The summed E-state index contributed by atoms with van der Waals surface area (Å²) >= 11 is 0. The third kappa shape index (κ3) is 3.23. The summed E-state index contributed by atoms with van der Waals surface area (Å²) in [5.74, 6) is -0.560. The summed E-state index contributed by atoms with van der Waals surface area (Å²) in [6.45, 7) is 4.59. The topological polar surface area (TPSA) is 66.8 Å². The zero-order valence-electron chi connectivity index (χ0n) is 21.0. The number of nitrogens with zero attached hydrogens (tertiary/aromatic N) is 1. The van der Waals surface area contributed by atoms with Gasteiger partial charge in [-0.2, -0.15) is 0 Å². The number of carboxylic acids is 1. The van der Waals surface area contributed by atoms with Crippen molar-refractivity contribution < 1.29 is 19.4 Å². The van der Waals surface area contributed by atoms with E-state index in [9.17, 15) is 14.7 Å². The van der Waals surface area contributed by atoms with Crippen LogP contribution in [-0.2, 0) is 21.4 Å². The quantitative estimate of drug-likeness (QED) is 0.507. The van der Waals surface area contributed by atoms with Crippen molar-refractivity contribution in [2.45, 2.75) is 30.6 Å². The molecule has 4 unspecified atom stereocenters. The minimum Gasteiger partial charge on any atom is -0.496 e. The maximum absolute atomic E-state index is 13.7. The summed E-state index contributed by atoms with van der Waals surface area (Å²) < 4.78 is 5.47. The van der Waals surface area contributed by atoms with Gasteiger partial charge in [-0.3, -0.25) is 9.59 Å². The third-order valence-electron chi connectivity index (χ3n) is 9.26. The van der Waals surface area contributed by atoms with Crippen LogP contribution in [0.2, 0.25) is 0 Å². The Morgan fingerprint density at radius 3 is 2.59 bits per heavy atom. The van der Waals surface area contributed by atoms with Crippen molar-refractivity contribution in [2.75, 3.05) is 20.2 Å². The molecule has 1 heterocycles. The molecule has 1 saturated carbocycles. The normalized spacial score (nSPS) is 27.3. The molecular weight excluding hydrogens is 462 g/mol.